The topological polar surface area (TPSA) is 38.5 Å². The first-order valence-corrected chi connectivity index (χ1v) is 7.95. The van der Waals surface area contributed by atoms with Crippen LogP contribution in [0.4, 0.5) is 5.69 Å². The Hall–Kier alpha value is -1.52. The number of fused-ring (bicyclic) bond motifs is 1. The smallest absolute Gasteiger partial charge is 0.124 e. The third kappa shape index (κ3) is 3.06. The second-order valence-electron chi connectivity index (χ2n) is 5.37. The Morgan fingerprint density at radius 3 is 2.81 bits per heavy atom. The number of hydrogen-bond donors (Lipinski definition) is 1. The maximum absolute atomic E-state index is 5.97. The third-order valence-corrected chi connectivity index (χ3v) is 4.48. The number of rotatable bonds is 2. The molecule has 0 unspecified atom stereocenters. The molecule has 2 aromatic carbocycles. The van der Waals surface area contributed by atoms with E-state index in [9.17, 15) is 0 Å². The Bertz CT molecular complexity index is 642. The van der Waals surface area contributed by atoms with Crippen molar-refractivity contribution in [3.8, 4) is 5.75 Å². The third-order valence-electron chi connectivity index (χ3n) is 3.79. The lowest BCUT2D eigenvalue weighted by Gasteiger charge is -2.23. The molecule has 3 nitrogen and oxygen atoms in total. The van der Waals surface area contributed by atoms with Crippen molar-refractivity contribution in [2.45, 2.75) is 19.5 Å². The van der Waals surface area contributed by atoms with Crippen molar-refractivity contribution in [1.29, 1.82) is 0 Å². The molecule has 0 fully saturated rings. The minimum Gasteiger partial charge on any atom is -0.491 e. The molecule has 2 aromatic rings. The maximum atomic E-state index is 5.97. The highest BCUT2D eigenvalue weighted by Gasteiger charge is 2.16. The molecule has 0 saturated carbocycles. The first kappa shape index (κ1) is 14.4. The van der Waals surface area contributed by atoms with Gasteiger partial charge in [-0.25, -0.2) is 0 Å². The van der Waals surface area contributed by atoms with Crippen LogP contribution in [0.2, 0.25) is 0 Å². The summed E-state index contributed by atoms with van der Waals surface area (Å²) in [4.78, 5) is 2.33. The Kier molecular flexibility index (Phi) is 4.17. The first-order valence-electron chi connectivity index (χ1n) is 7.16. The zero-order chi connectivity index (χ0) is 14.8. The van der Waals surface area contributed by atoms with Gasteiger partial charge in [0.15, 0.2) is 0 Å². The van der Waals surface area contributed by atoms with E-state index in [0.717, 1.165) is 28.9 Å². The normalized spacial score (nSPS) is 15.9. The molecule has 4 heteroatoms. The fourth-order valence-corrected chi connectivity index (χ4v) is 3.36. The second kappa shape index (κ2) is 6.08. The van der Waals surface area contributed by atoms with E-state index in [0.29, 0.717) is 6.61 Å². The van der Waals surface area contributed by atoms with E-state index in [1.807, 2.05) is 19.1 Å². The summed E-state index contributed by atoms with van der Waals surface area (Å²) in [5, 5.41) is 0. The Morgan fingerprint density at radius 1 is 1.24 bits per heavy atom. The number of nitrogens with two attached hydrogens (primary N) is 1. The van der Waals surface area contributed by atoms with Crippen molar-refractivity contribution >= 4 is 21.6 Å². The van der Waals surface area contributed by atoms with Crippen LogP contribution in [0.5, 0.6) is 5.75 Å². The van der Waals surface area contributed by atoms with Crippen LogP contribution in [0.3, 0.4) is 0 Å². The molecule has 21 heavy (non-hydrogen) atoms. The van der Waals surface area contributed by atoms with Crippen molar-refractivity contribution in [1.82, 2.24) is 0 Å². The SMILES string of the molecule is C[C@H](N)c1ccc(N2CCOc3ccccc3C2)cc1Br. The summed E-state index contributed by atoms with van der Waals surface area (Å²) in [6, 6.07) is 14.6. The Labute approximate surface area is 133 Å². The molecule has 2 N–H and O–H groups in total. The molecule has 0 saturated heterocycles. The molecule has 1 aliphatic rings. The molecule has 0 aliphatic carbocycles. The van der Waals surface area contributed by atoms with Gasteiger partial charge in [-0.15, -0.1) is 0 Å². The van der Waals surface area contributed by atoms with Gasteiger partial charge < -0.3 is 15.4 Å². The van der Waals surface area contributed by atoms with Crippen LogP contribution in [-0.4, -0.2) is 13.2 Å². The Balaban J connectivity index is 1.89. The maximum Gasteiger partial charge on any atom is 0.124 e. The summed E-state index contributed by atoms with van der Waals surface area (Å²) in [5.41, 5.74) is 9.51. The molecule has 0 amide bonds. The van der Waals surface area contributed by atoms with E-state index in [2.05, 4.69) is 51.2 Å². The molecular weight excluding hydrogens is 328 g/mol. The molecule has 0 bridgehead atoms. The number of anilines is 1. The number of nitrogens with zero attached hydrogens (tertiary/aromatic N) is 1. The van der Waals surface area contributed by atoms with Crippen LogP contribution in [0.15, 0.2) is 46.9 Å². The summed E-state index contributed by atoms with van der Waals surface area (Å²) in [6.45, 7) is 4.43. The van der Waals surface area contributed by atoms with Gasteiger partial charge in [0.05, 0.1) is 6.54 Å². The average Bonchev–Trinajstić information content (AvgIpc) is 2.68. The van der Waals surface area contributed by atoms with Gasteiger partial charge in [-0.05, 0) is 30.7 Å². The van der Waals surface area contributed by atoms with Crippen molar-refractivity contribution in [2.75, 3.05) is 18.1 Å². The van der Waals surface area contributed by atoms with Crippen LogP contribution in [-0.2, 0) is 6.54 Å². The minimum absolute atomic E-state index is 0.0293. The number of halogens is 1. The zero-order valence-corrected chi connectivity index (χ0v) is 13.6. The van der Waals surface area contributed by atoms with Crippen molar-refractivity contribution in [3.63, 3.8) is 0 Å². The number of hydrogen-bond acceptors (Lipinski definition) is 3. The molecule has 1 atom stereocenters. The zero-order valence-electron chi connectivity index (χ0n) is 12.1. The van der Waals surface area contributed by atoms with Crippen LogP contribution < -0.4 is 15.4 Å². The van der Waals surface area contributed by atoms with Gasteiger partial charge >= 0.3 is 0 Å². The summed E-state index contributed by atoms with van der Waals surface area (Å²) in [7, 11) is 0. The monoisotopic (exact) mass is 346 g/mol. The van der Waals surface area contributed by atoms with Crippen molar-refractivity contribution in [3.05, 3.63) is 58.1 Å². The van der Waals surface area contributed by atoms with Crippen LogP contribution in [0, 0.1) is 0 Å². The summed E-state index contributed by atoms with van der Waals surface area (Å²) < 4.78 is 6.88. The van der Waals surface area contributed by atoms with Crippen molar-refractivity contribution in [2.24, 2.45) is 5.73 Å². The van der Waals surface area contributed by atoms with Gasteiger partial charge in [0.25, 0.3) is 0 Å². The fourth-order valence-electron chi connectivity index (χ4n) is 2.63. The highest BCUT2D eigenvalue weighted by Crippen LogP contribution is 2.30. The quantitative estimate of drug-likeness (QED) is 0.896. The second-order valence-corrected chi connectivity index (χ2v) is 6.23. The molecule has 0 aromatic heterocycles. The van der Waals surface area contributed by atoms with E-state index < -0.39 is 0 Å². The van der Waals surface area contributed by atoms with E-state index in [-0.39, 0.29) is 6.04 Å². The largest absolute Gasteiger partial charge is 0.491 e. The lowest BCUT2D eigenvalue weighted by Crippen LogP contribution is -2.25. The molecule has 0 radical (unpaired) electrons. The predicted octanol–water partition coefficient (Wildman–Crippen LogP) is 3.87. The lowest BCUT2D eigenvalue weighted by atomic mass is 10.1. The van der Waals surface area contributed by atoms with Gasteiger partial charge in [0.2, 0.25) is 0 Å². The van der Waals surface area contributed by atoms with E-state index >= 15 is 0 Å². The van der Waals surface area contributed by atoms with Crippen LogP contribution in [0.25, 0.3) is 0 Å². The van der Waals surface area contributed by atoms with E-state index in [4.69, 9.17) is 10.5 Å². The van der Waals surface area contributed by atoms with E-state index in [1.165, 1.54) is 11.3 Å². The molecule has 3 rings (SSSR count). The number of para-hydroxylation sites is 1. The first-order chi connectivity index (χ1) is 10.1. The fraction of sp³-hybridized carbons (Fsp3) is 0.294. The number of benzene rings is 2. The van der Waals surface area contributed by atoms with E-state index in [1.54, 1.807) is 0 Å². The van der Waals surface area contributed by atoms with Gasteiger partial charge in [-0.3, -0.25) is 0 Å². The van der Waals surface area contributed by atoms with Crippen LogP contribution in [0.1, 0.15) is 24.1 Å². The summed E-state index contributed by atoms with van der Waals surface area (Å²) >= 11 is 3.63. The molecule has 0 spiro atoms. The molecule has 1 heterocycles. The summed E-state index contributed by atoms with van der Waals surface area (Å²) in [5.74, 6) is 0.992. The minimum atomic E-state index is 0.0293. The highest BCUT2D eigenvalue weighted by atomic mass is 79.9. The lowest BCUT2D eigenvalue weighted by molar-refractivity contribution is 0.331. The van der Waals surface area contributed by atoms with Gasteiger partial charge in [0.1, 0.15) is 12.4 Å². The molecule has 1 aliphatic heterocycles. The van der Waals surface area contributed by atoms with Gasteiger partial charge in [0, 0.05) is 28.3 Å². The average molecular weight is 347 g/mol. The summed E-state index contributed by atoms with van der Waals surface area (Å²) in [6.07, 6.45) is 0. The molecular formula is C17H19BrN2O. The highest BCUT2D eigenvalue weighted by molar-refractivity contribution is 9.10. The molecule has 110 valence electrons. The Morgan fingerprint density at radius 2 is 2.05 bits per heavy atom. The van der Waals surface area contributed by atoms with Gasteiger partial charge in [-0.1, -0.05) is 40.2 Å². The predicted molar refractivity (Wildman–Crippen MR) is 89.7 cm³/mol. The van der Waals surface area contributed by atoms with Crippen LogP contribution >= 0.6 is 15.9 Å². The number of ether oxygens (including phenoxy) is 1. The van der Waals surface area contributed by atoms with Gasteiger partial charge in [-0.2, -0.15) is 0 Å². The van der Waals surface area contributed by atoms with Crippen molar-refractivity contribution < 1.29 is 4.74 Å². The standard InChI is InChI=1S/C17H19BrN2O/c1-12(19)15-7-6-14(10-16(15)18)20-8-9-21-17-5-3-2-4-13(17)11-20/h2-7,10,12H,8-9,11,19H2,1H3/t12-/m0/s1.